The predicted molar refractivity (Wildman–Crippen MR) is 70.6 cm³/mol. The van der Waals surface area contributed by atoms with Crippen molar-refractivity contribution < 1.29 is 17.2 Å². The van der Waals surface area contributed by atoms with Gasteiger partial charge in [-0.15, -0.1) is 0 Å². The second-order valence-corrected chi connectivity index (χ2v) is 7.05. The number of rotatable bonds is 7. The lowest BCUT2D eigenvalue weighted by atomic mass is 9.99. The fourth-order valence-corrected chi connectivity index (χ4v) is 3.42. The molecule has 1 fully saturated rings. The van der Waals surface area contributed by atoms with Crippen molar-refractivity contribution in [3.8, 4) is 0 Å². The van der Waals surface area contributed by atoms with Crippen molar-refractivity contribution >= 4 is 10.0 Å². The average Bonchev–Trinajstić information content (AvgIpc) is 2.27. The van der Waals surface area contributed by atoms with Crippen LogP contribution >= 0.6 is 0 Å². The molecule has 0 radical (unpaired) electrons. The summed E-state index contributed by atoms with van der Waals surface area (Å²) in [6.07, 6.45) is 0.451. The van der Waals surface area contributed by atoms with Gasteiger partial charge in [-0.05, 0) is 18.8 Å². The minimum Gasteiger partial charge on any atom is -0.329 e. The minimum absolute atomic E-state index is 0.105. The van der Waals surface area contributed by atoms with Crippen LogP contribution in [0, 0.1) is 5.92 Å². The van der Waals surface area contributed by atoms with Crippen LogP contribution in [0.5, 0.6) is 0 Å². The Labute approximate surface area is 113 Å². The summed E-state index contributed by atoms with van der Waals surface area (Å²) in [6.45, 7) is 1.87. The van der Waals surface area contributed by atoms with Crippen LogP contribution in [0.15, 0.2) is 0 Å². The molecule has 1 saturated heterocycles. The molecule has 0 aromatic carbocycles. The standard InChI is InChI=1S/C11H23F2N3O2S/c1-19(17,18)16-5-2-3-10(8-16)7-15(6-4-14)9-11(12)13/h10-11H,2-9,14H2,1H3. The first-order valence-corrected chi connectivity index (χ1v) is 8.33. The van der Waals surface area contributed by atoms with Crippen molar-refractivity contribution in [1.29, 1.82) is 0 Å². The second-order valence-electron chi connectivity index (χ2n) is 5.07. The molecule has 8 heteroatoms. The van der Waals surface area contributed by atoms with Crippen molar-refractivity contribution in [2.45, 2.75) is 19.3 Å². The Hall–Kier alpha value is -0.310. The van der Waals surface area contributed by atoms with Gasteiger partial charge in [-0.1, -0.05) is 0 Å². The summed E-state index contributed by atoms with van der Waals surface area (Å²) in [5.41, 5.74) is 5.41. The van der Waals surface area contributed by atoms with Gasteiger partial charge >= 0.3 is 0 Å². The zero-order valence-electron chi connectivity index (χ0n) is 11.3. The molecule has 2 N–H and O–H groups in total. The molecular formula is C11H23F2N3O2S. The molecule has 1 heterocycles. The summed E-state index contributed by atoms with van der Waals surface area (Å²) in [5, 5.41) is 0. The molecule has 0 aromatic heterocycles. The van der Waals surface area contributed by atoms with Gasteiger partial charge in [0.1, 0.15) is 0 Å². The van der Waals surface area contributed by atoms with Gasteiger partial charge in [-0.25, -0.2) is 21.5 Å². The van der Waals surface area contributed by atoms with Gasteiger partial charge in [-0.2, -0.15) is 0 Å². The summed E-state index contributed by atoms with van der Waals surface area (Å²) in [6, 6.07) is 0. The van der Waals surface area contributed by atoms with E-state index in [4.69, 9.17) is 5.73 Å². The zero-order valence-corrected chi connectivity index (χ0v) is 12.1. The number of sulfonamides is 1. The zero-order chi connectivity index (χ0) is 14.5. The van der Waals surface area contributed by atoms with Crippen molar-refractivity contribution in [1.82, 2.24) is 9.21 Å². The molecule has 1 aliphatic rings. The van der Waals surface area contributed by atoms with Crippen molar-refractivity contribution in [3.05, 3.63) is 0 Å². The van der Waals surface area contributed by atoms with Crippen LogP contribution in [0.4, 0.5) is 8.78 Å². The highest BCUT2D eigenvalue weighted by atomic mass is 32.2. The predicted octanol–water partition coefficient (Wildman–Crippen LogP) is 0.184. The fourth-order valence-electron chi connectivity index (χ4n) is 2.48. The smallest absolute Gasteiger partial charge is 0.251 e. The molecule has 1 unspecified atom stereocenters. The molecule has 19 heavy (non-hydrogen) atoms. The van der Waals surface area contributed by atoms with E-state index in [-0.39, 0.29) is 12.5 Å². The number of halogens is 2. The number of hydrogen-bond acceptors (Lipinski definition) is 4. The van der Waals surface area contributed by atoms with Crippen molar-refractivity contribution in [2.75, 3.05) is 45.5 Å². The largest absolute Gasteiger partial charge is 0.329 e. The molecule has 0 saturated carbocycles. The molecule has 1 aliphatic heterocycles. The first-order chi connectivity index (χ1) is 8.82. The minimum atomic E-state index is -3.19. The third kappa shape index (κ3) is 6.11. The Morgan fingerprint density at radius 3 is 2.68 bits per heavy atom. The van der Waals surface area contributed by atoms with Gasteiger partial charge in [0, 0.05) is 32.7 Å². The normalized spacial score (nSPS) is 22.3. The maximum absolute atomic E-state index is 12.4. The topological polar surface area (TPSA) is 66.6 Å². The molecule has 1 rings (SSSR count). The van der Waals surface area contributed by atoms with Gasteiger partial charge in [-0.3, -0.25) is 4.90 Å². The molecule has 5 nitrogen and oxygen atoms in total. The van der Waals surface area contributed by atoms with Gasteiger partial charge in [0.05, 0.1) is 12.8 Å². The van der Waals surface area contributed by atoms with E-state index in [2.05, 4.69) is 0 Å². The Balaban J connectivity index is 2.54. The van der Waals surface area contributed by atoms with Crippen LogP contribution in [0.2, 0.25) is 0 Å². The second kappa shape index (κ2) is 7.47. The quantitative estimate of drug-likeness (QED) is 0.728. The summed E-state index contributed by atoms with van der Waals surface area (Å²) in [7, 11) is -3.19. The lowest BCUT2D eigenvalue weighted by molar-refractivity contribution is 0.0750. The van der Waals surface area contributed by atoms with Crippen LogP contribution < -0.4 is 5.73 Å². The van der Waals surface area contributed by atoms with Gasteiger partial charge in [0.25, 0.3) is 6.43 Å². The van der Waals surface area contributed by atoms with E-state index in [1.165, 1.54) is 10.6 Å². The maximum Gasteiger partial charge on any atom is 0.251 e. The number of hydrogen-bond donors (Lipinski definition) is 1. The molecule has 1 atom stereocenters. The molecule has 0 spiro atoms. The van der Waals surface area contributed by atoms with E-state index in [0.717, 1.165) is 12.8 Å². The van der Waals surface area contributed by atoms with E-state index in [0.29, 0.717) is 32.7 Å². The molecule has 0 amide bonds. The van der Waals surface area contributed by atoms with E-state index >= 15 is 0 Å². The lowest BCUT2D eigenvalue weighted by Gasteiger charge is -2.34. The number of nitrogens with two attached hydrogens (primary N) is 1. The fraction of sp³-hybridized carbons (Fsp3) is 1.00. The molecule has 0 aliphatic carbocycles. The van der Waals surface area contributed by atoms with E-state index in [9.17, 15) is 17.2 Å². The Morgan fingerprint density at radius 1 is 1.47 bits per heavy atom. The summed E-state index contributed by atoms with van der Waals surface area (Å²) in [4.78, 5) is 1.63. The van der Waals surface area contributed by atoms with Crippen LogP contribution in [0.3, 0.4) is 0 Å². The monoisotopic (exact) mass is 299 g/mol. The first kappa shape index (κ1) is 16.7. The highest BCUT2D eigenvalue weighted by molar-refractivity contribution is 7.88. The lowest BCUT2D eigenvalue weighted by Crippen LogP contribution is -2.45. The molecule has 0 bridgehead atoms. The third-order valence-electron chi connectivity index (χ3n) is 3.31. The highest BCUT2D eigenvalue weighted by Crippen LogP contribution is 2.20. The third-order valence-corrected chi connectivity index (χ3v) is 4.58. The Kier molecular flexibility index (Phi) is 6.58. The summed E-state index contributed by atoms with van der Waals surface area (Å²) in [5.74, 6) is 0.105. The van der Waals surface area contributed by atoms with Crippen LogP contribution in [-0.4, -0.2) is 69.6 Å². The van der Waals surface area contributed by atoms with Crippen LogP contribution in [0.25, 0.3) is 0 Å². The van der Waals surface area contributed by atoms with Crippen molar-refractivity contribution in [3.63, 3.8) is 0 Å². The van der Waals surface area contributed by atoms with E-state index in [1.807, 2.05) is 0 Å². The number of alkyl halides is 2. The summed E-state index contributed by atoms with van der Waals surface area (Å²) >= 11 is 0. The van der Waals surface area contributed by atoms with Crippen LogP contribution in [-0.2, 0) is 10.0 Å². The number of piperidine rings is 1. The van der Waals surface area contributed by atoms with Gasteiger partial charge in [0.2, 0.25) is 10.0 Å². The molecule has 114 valence electrons. The van der Waals surface area contributed by atoms with E-state index in [1.54, 1.807) is 4.90 Å². The first-order valence-electron chi connectivity index (χ1n) is 6.48. The average molecular weight is 299 g/mol. The van der Waals surface area contributed by atoms with Gasteiger partial charge in [0.15, 0.2) is 0 Å². The van der Waals surface area contributed by atoms with Crippen LogP contribution in [0.1, 0.15) is 12.8 Å². The van der Waals surface area contributed by atoms with E-state index < -0.39 is 16.4 Å². The van der Waals surface area contributed by atoms with Gasteiger partial charge < -0.3 is 5.73 Å². The maximum atomic E-state index is 12.4. The van der Waals surface area contributed by atoms with Crippen molar-refractivity contribution in [2.24, 2.45) is 11.7 Å². The Bertz CT molecular complexity index is 365. The molecular weight excluding hydrogens is 276 g/mol. The Morgan fingerprint density at radius 2 is 2.16 bits per heavy atom. The summed E-state index contributed by atoms with van der Waals surface area (Å²) < 4.78 is 49.3. The SMILES string of the molecule is CS(=O)(=O)N1CCCC(CN(CCN)CC(F)F)C1. The molecule has 0 aromatic rings. The highest BCUT2D eigenvalue weighted by Gasteiger charge is 2.27. The number of nitrogens with zero attached hydrogens (tertiary/aromatic N) is 2.